The Kier molecular flexibility index (Phi) is 7.04. The summed E-state index contributed by atoms with van der Waals surface area (Å²) < 4.78 is 6.79. The largest absolute Gasteiger partial charge is 0.394 e. The third-order valence-electron chi connectivity index (χ3n) is 2.66. The zero-order valence-corrected chi connectivity index (χ0v) is 12.8. The molecule has 1 rings (SSSR count). The summed E-state index contributed by atoms with van der Waals surface area (Å²) in [6.07, 6.45) is 3.55. The lowest BCUT2D eigenvalue weighted by atomic mass is 10.2. The van der Waals surface area contributed by atoms with Crippen LogP contribution >= 0.6 is 15.9 Å². The summed E-state index contributed by atoms with van der Waals surface area (Å²) >= 11 is 3.27. The number of halogens is 1. The van der Waals surface area contributed by atoms with E-state index < -0.39 is 0 Å². The molecule has 0 spiro atoms. The third-order valence-corrected chi connectivity index (χ3v) is 3.43. The molecule has 1 atom stereocenters. The molecule has 19 heavy (non-hydrogen) atoms. The molecular weight excluding hydrogens is 314 g/mol. The number of ether oxygens (including phenoxy) is 1. The zero-order chi connectivity index (χ0) is 14.3. The van der Waals surface area contributed by atoms with Gasteiger partial charge >= 0.3 is 0 Å². The van der Waals surface area contributed by atoms with E-state index in [9.17, 15) is 4.79 Å². The summed E-state index contributed by atoms with van der Waals surface area (Å²) in [7, 11) is 1.65. The lowest BCUT2D eigenvalue weighted by molar-refractivity contribution is 0.182. The zero-order valence-electron chi connectivity index (χ0n) is 11.2. The van der Waals surface area contributed by atoms with E-state index in [0.717, 1.165) is 12.8 Å². The summed E-state index contributed by atoms with van der Waals surface area (Å²) in [6.45, 7) is 2.74. The highest BCUT2D eigenvalue weighted by Gasteiger charge is 2.13. The van der Waals surface area contributed by atoms with Crippen LogP contribution in [0.5, 0.6) is 0 Å². The van der Waals surface area contributed by atoms with Crippen molar-refractivity contribution >= 4 is 21.6 Å². The average Bonchev–Trinajstić information content (AvgIpc) is 2.39. The number of rotatable bonds is 8. The van der Waals surface area contributed by atoms with Crippen LogP contribution < -0.4 is 10.9 Å². The summed E-state index contributed by atoms with van der Waals surface area (Å²) in [5.74, 6) is 0. The van der Waals surface area contributed by atoms with E-state index in [-0.39, 0.29) is 24.8 Å². The fourth-order valence-corrected chi connectivity index (χ4v) is 2.21. The highest BCUT2D eigenvalue weighted by atomic mass is 79.9. The van der Waals surface area contributed by atoms with Gasteiger partial charge in [-0.05, 0) is 22.4 Å². The van der Waals surface area contributed by atoms with Gasteiger partial charge in [0.1, 0.15) is 4.47 Å². The fourth-order valence-electron chi connectivity index (χ4n) is 1.79. The minimum atomic E-state index is -0.258. The van der Waals surface area contributed by atoms with Crippen molar-refractivity contribution in [3.63, 3.8) is 0 Å². The maximum absolute atomic E-state index is 11.9. The first-order valence-electron chi connectivity index (χ1n) is 6.26. The molecule has 1 aromatic heterocycles. The molecule has 0 saturated carbocycles. The van der Waals surface area contributed by atoms with E-state index in [0.29, 0.717) is 16.8 Å². The number of aliphatic hydroxyl groups excluding tert-OH is 1. The van der Waals surface area contributed by atoms with Gasteiger partial charge in [-0.3, -0.25) is 4.79 Å². The maximum atomic E-state index is 11.9. The molecule has 0 aliphatic rings. The van der Waals surface area contributed by atoms with Crippen LogP contribution in [0.1, 0.15) is 19.8 Å². The summed E-state index contributed by atoms with van der Waals surface area (Å²) in [5, 5.41) is 16.1. The normalized spacial score (nSPS) is 12.4. The Morgan fingerprint density at radius 2 is 2.37 bits per heavy atom. The van der Waals surface area contributed by atoms with Crippen molar-refractivity contribution in [2.75, 3.05) is 25.6 Å². The predicted octanol–water partition coefficient (Wildman–Crippen LogP) is 1.23. The molecule has 0 bridgehead atoms. The van der Waals surface area contributed by atoms with Gasteiger partial charge in [-0.2, -0.15) is 5.10 Å². The van der Waals surface area contributed by atoms with Gasteiger partial charge in [0, 0.05) is 13.2 Å². The smallest absolute Gasteiger partial charge is 0.283 e. The van der Waals surface area contributed by atoms with Crippen LogP contribution in [0.15, 0.2) is 15.5 Å². The maximum Gasteiger partial charge on any atom is 0.283 e. The molecule has 0 radical (unpaired) electrons. The number of nitrogens with one attached hydrogen (secondary N) is 1. The molecule has 0 fully saturated rings. The predicted molar refractivity (Wildman–Crippen MR) is 77.5 cm³/mol. The van der Waals surface area contributed by atoms with Crippen molar-refractivity contribution in [2.24, 2.45) is 0 Å². The van der Waals surface area contributed by atoms with Crippen LogP contribution in [0.3, 0.4) is 0 Å². The quantitative estimate of drug-likeness (QED) is 0.748. The third kappa shape index (κ3) is 4.59. The van der Waals surface area contributed by atoms with Gasteiger partial charge in [0.15, 0.2) is 0 Å². The van der Waals surface area contributed by atoms with Crippen molar-refractivity contribution in [1.82, 2.24) is 9.78 Å². The summed E-state index contributed by atoms with van der Waals surface area (Å²) in [4.78, 5) is 11.9. The van der Waals surface area contributed by atoms with Gasteiger partial charge in [-0.25, -0.2) is 4.68 Å². The standard InChI is InChI=1S/C12H20BrN3O3/c1-3-4-9(8-19-2)15-10-7-14-16(5-6-17)12(18)11(10)13/h7,9,15,17H,3-6,8H2,1-2H3. The molecule has 6 nitrogen and oxygen atoms in total. The first-order valence-corrected chi connectivity index (χ1v) is 7.05. The Bertz CT molecular complexity index is 444. The topological polar surface area (TPSA) is 76.4 Å². The molecule has 0 aromatic carbocycles. The minimum Gasteiger partial charge on any atom is -0.394 e. The van der Waals surface area contributed by atoms with Crippen LogP contribution in [-0.4, -0.2) is 41.3 Å². The molecule has 2 N–H and O–H groups in total. The molecule has 1 heterocycles. The number of nitrogens with zero attached hydrogens (tertiary/aromatic N) is 2. The van der Waals surface area contributed by atoms with Crippen molar-refractivity contribution in [3.05, 3.63) is 21.0 Å². The van der Waals surface area contributed by atoms with E-state index in [1.54, 1.807) is 13.3 Å². The van der Waals surface area contributed by atoms with E-state index in [4.69, 9.17) is 9.84 Å². The lowest BCUT2D eigenvalue weighted by Crippen LogP contribution is -2.29. The van der Waals surface area contributed by atoms with E-state index in [1.165, 1.54) is 4.68 Å². The molecule has 0 aliphatic heterocycles. The summed E-state index contributed by atoms with van der Waals surface area (Å²) in [6, 6.07) is 0.140. The number of anilines is 1. The van der Waals surface area contributed by atoms with E-state index >= 15 is 0 Å². The molecule has 108 valence electrons. The second kappa shape index (κ2) is 8.29. The van der Waals surface area contributed by atoms with Crippen molar-refractivity contribution in [1.29, 1.82) is 0 Å². The Morgan fingerprint density at radius 1 is 1.63 bits per heavy atom. The Balaban J connectivity index is 2.89. The molecule has 1 aromatic rings. The number of hydrogen-bond donors (Lipinski definition) is 2. The highest BCUT2D eigenvalue weighted by molar-refractivity contribution is 9.10. The van der Waals surface area contributed by atoms with Crippen molar-refractivity contribution in [2.45, 2.75) is 32.4 Å². The second-order valence-corrected chi connectivity index (χ2v) is 5.00. The number of hydrogen-bond acceptors (Lipinski definition) is 5. The molecule has 0 saturated heterocycles. The van der Waals surface area contributed by atoms with Gasteiger partial charge < -0.3 is 15.2 Å². The number of methoxy groups -OCH3 is 1. The average molecular weight is 334 g/mol. The number of aliphatic hydroxyl groups is 1. The molecular formula is C12H20BrN3O3. The SMILES string of the molecule is CCCC(COC)Nc1cnn(CCO)c(=O)c1Br. The van der Waals surface area contributed by atoms with Crippen LogP contribution in [0.25, 0.3) is 0 Å². The molecule has 1 unspecified atom stereocenters. The van der Waals surface area contributed by atoms with Gasteiger partial charge in [0.2, 0.25) is 0 Å². The van der Waals surface area contributed by atoms with E-state index in [1.807, 2.05) is 0 Å². The monoisotopic (exact) mass is 333 g/mol. The Hall–Kier alpha value is -0.920. The molecule has 7 heteroatoms. The van der Waals surface area contributed by atoms with Crippen molar-refractivity contribution < 1.29 is 9.84 Å². The lowest BCUT2D eigenvalue weighted by Gasteiger charge is -2.19. The van der Waals surface area contributed by atoms with Gasteiger partial charge in [-0.15, -0.1) is 0 Å². The second-order valence-electron chi connectivity index (χ2n) is 4.21. The van der Waals surface area contributed by atoms with Crippen LogP contribution in [0.4, 0.5) is 5.69 Å². The minimum absolute atomic E-state index is 0.117. The molecule has 0 aliphatic carbocycles. The first kappa shape index (κ1) is 16.1. The highest BCUT2D eigenvalue weighted by Crippen LogP contribution is 2.18. The van der Waals surface area contributed by atoms with Gasteiger partial charge in [-0.1, -0.05) is 13.3 Å². The van der Waals surface area contributed by atoms with E-state index in [2.05, 4.69) is 33.3 Å². The first-order chi connectivity index (χ1) is 9.13. The van der Waals surface area contributed by atoms with Gasteiger partial charge in [0.25, 0.3) is 5.56 Å². The summed E-state index contributed by atoms with van der Waals surface area (Å²) in [5.41, 5.74) is 0.390. The Morgan fingerprint density at radius 3 is 2.95 bits per heavy atom. The van der Waals surface area contributed by atoms with Crippen LogP contribution in [0, 0.1) is 0 Å². The number of aromatic nitrogens is 2. The van der Waals surface area contributed by atoms with Crippen LogP contribution in [0.2, 0.25) is 0 Å². The van der Waals surface area contributed by atoms with Crippen molar-refractivity contribution in [3.8, 4) is 0 Å². The van der Waals surface area contributed by atoms with Gasteiger partial charge in [0.05, 0.1) is 31.6 Å². The molecule has 0 amide bonds. The Labute approximate surface area is 120 Å². The van der Waals surface area contributed by atoms with Crippen LogP contribution in [-0.2, 0) is 11.3 Å². The fraction of sp³-hybridized carbons (Fsp3) is 0.667.